The van der Waals surface area contributed by atoms with Gasteiger partial charge in [0.15, 0.2) is 11.6 Å². The number of aryl methyl sites for hydroxylation is 3. The van der Waals surface area contributed by atoms with Crippen molar-refractivity contribution >= 4 is 40.8 Å². The summed E-state index contributed by atoms with van der Waals surface area (Å²) in [5.41, 5.74) is 10.9. The number of rotatable bonds is 7. The average Bonchev–Trinajstić information content (AvgIpc) is 3.18. The molecule has 174 valence electrons. The van der Waals surface area contributed by atoms with Crippen molar-refractivity contribution in [1.29, 1.82) is 0 Å². The molecule has 0 spiro atoms. The Bertz CT molecular complexity index is 1150. The van der Waals surface area contributed by atoms with Crippen LogP contribution in [0.1, 0.15) is 41.1 Å². The molecule has 0 aliphatic carbocycles. The van der Waals surface area contributed by atoms with E-state index in [1.807, 2.05) is 13.0 Å². The first-order valence-corrected chi connectivity index (χ1v) is 11.4. The van der Waals surface area contributed by atoms with Crippen molar-refractivity contribution in [2.45, 2.75) is 39.5 Å². The summed E-state index contributed by atoms with van der Waals surface area (Å²) in [5.74, 6) is 1.77. The highest BCUT2D eigenvalue weighted by Crippen LogP contribution is 2.34. The summed E-state index contributed by atoms with van der Waals surface area (Å²) in [6.07, 6.45) is 3.60. The minimum atomic E-state index is -0.266. The van der Waals surface area contributed by atoms with Gasteiger partial charge in [0.25, 0.3) is 0 Å². The smallest absolute Gasteiger partial charge is 0.231 e. The molecule has 2 aromatic heterocycles. The third-order valence-electron chi connectivity index (χ3n) is 5.96. The van der Waals surface area contributed by atoms with Crippen LogP contribution in [0.3, 0.4) is 0 Å². The van der Waals surface area contributed by atoms with Gasteiger partial charge in [-0.25, -0.2) is 4.98 Å². The number of hydrogen-bond acceptors (Lipinski definition) is 7. The molecule has 5 N–H and O–H groups in total. The van der Waals surface area contributed by atoms with Gasteiger partial charge in [0, 0.05) is 17.4 Å². The van der Waals surface area contributed by atoms with Gasteiger partial charge in [0.2, 0.25) is 11.9 Å². The van der Waals surface area contributed by atoms with Gasteiger partial charge in [-0.3, -0.25) is 14.8 Å². The summed E-state index contributed by atoms with van der Waals surface area (Å²) in [7, 11) is 0. The van der Waals surface area contributed by atoms with Crippen LogP contribution < -0.4 is 16.4 Å². The molecule has 3 heterocycles. The van der Waals surface area contributed by atoms with E-state index in [2.05, 4.69) is 61.7 Å². The molecule has 4 rings (SSSR count). The number of anilines is 4. The Morgan fingerprint density at radius 2 is 1.94 bits per heavy atom. The number of nitrogens with one attached hydrogen (secondary N) is 3. The largest absolute Gasteiger partial charge is 0.369 e. The highest BCUT2D eigenvalue weighted by atomic mass is 35.5. The first kappa shape index (κ1) is 23.0. The van der Waals surface area contributed by atoms with E-state index >= 15 is 0 Å². The van der Waals surface area contributed by atoms with E-state index in [-0.39, 0.29) is 5.91 Å². The molecule has 33 heavy (non-hydrogen) atoms. The Labute approximate surface area is 198 Å². The van der Waals surface area contributed by atoms with Gasteiger partial charge in [0.05, 0.1) is 12.7 Å². The van der Waals surface area contributed by atoms with Crippen LogP contribution >= 0.6 is 11.6 Å². The van der Waals surface area contributed by atoms with Crippen LogP contribution in [0.5, 0.6) is 0 Å². The fourth-order valence-corrected chi connectivity index (χ4v) is 4.41. The summed E-state index contributed by atoms with van der Waals surface area (Å²) in [5, 5.41) is 13.9. The van der Waals surface area contributed by atoms with Gasteiger partial charge in [-0.2, -0.15) is 10.1 Å². The monoisotopic (exact) mass is 468 g/mol. The average molecular weight is 469 g/mol. The van der Waals surface area contributed by atoms with Crippen molar-refractivity contribution in [3.05, 3.63) is 51.8 Å². The van der Waals surface area contributed by atoms with E-state index in [9.17, 15) is 4.79 Å². The Balaban J connectivity index is 1.48. The second kappa shape index (κ2) is 9.76. The normalized spacial score (nSPS) is 14.9. The Kier molecular flexibility index (Phi) is 6.80. The molecule has 1 fully saturated rings. The number of benzene rings is 1. The Morgan fingerprint density at radius 1 is 1.18 bits per heavy atom. The SMILES string of the molecule is Cc1cc(Nc2nc(Nc3cc(C)c(C4CCN(CC(N)=O)CC4)cc3C)ncc2Cl)n[nH]1. The molecule has 3 aromatic rings. The maximum Gasteiger partial charge on any atom is 0.231 e. The molecule has 10 heteroatoms. The van der Waals surface area contributed by atoms with E-state index in [4.69, 9.17) is 17.3 Å². The van der Waals surface area contributed by atoms with E-state index < -0.39 is 0 Å². The molecule has 1 aliphatic heterocycles. The van der Waals surface area contributed by atoms with E-state index in [1.54, 1.807) is 6.20 Å². The van der Waals surface area contributed by atoms with E-state index in [0.29, 0.717) is 35.1 Å². The van der Waals surface area contributed by atoms with Gasteiger partial charge >= 0.3 is 0 Å². The molecular weight excluding hydrogens is 440 g/mol. The van der Waals surface area contributed by atoms with Gasteiger partial charge in [-0.15, -0.1) is 0 Å². The number of primary amides is 1. The van der Waals surface area contributed by atoms with Crippen molar-refractivity contribution in [1.82, 2.24) is 25.1 Å². The molecular formula is C23H29ClN8O. The first-order chi connectivity index (χ1) is 15.8. The second-order valence-corrected chi connectivity index (χ2v) is 9.02. The molecule has 1 aromatic carbocycles. The number of halogens is 1. The van der Waals surface area contributed by atoms with Crippen LogP contribution in [0.15, 0.2) is 24.4 Å². The minimum Gasteiger partial charge on any atom is -0.369 e. The molecule has 1 amide bonds. The summed E-state index contributed by atoms with van der Waals surface area (Å²) in [4.78, 5) is 22.2. The zero-order valence-corrected chi connectivity index (χ0v) is 19.8. The number of aromatic nitrogens is 4. The highest BCUT2D eigenvalue weighted by Gasteiger charge is 2.23. The maximum absolute atomic E-state index is 11.2. The zero-order valence-electron chi connectivity index (χ0n) is 19.1. The number of nitrogens with zero attached hydrogens (tertiary/aromatic N) is 4. The standard InChI is InChI=1S/C23H29ClN8O/c1-13-9-19(14(2)8-17(13)16-4-6-32(7-5-16)12-20(25)33)27-23-26-11-18(24)22(29-23)28-21-10-15(3)30-31-21/h8-11,16H,4-7,12H2,1-3H3,(H2,25,33)(H3,26,27,28,29,30,31). The number of hydrogen-bond donors (Lipinski definition) is 4. The second-order valence-electron chi connectivity index (χ2n) is 8.62. The maximum atomic E-state index is 11.2. The van der Waals surface area contributed by atoms with Crippen molar-refractivity contribution < 1.29 is 4.79 Å². The predicted octanol–water partition coefficient (Wildman–Crippen LogP) is 3.93. The zero-order chi connectivity index (χ0) is 23.5. The number of piperidine rings is 1. The van der Waals surface area contributed by atoms with Crippen LogP contribution in [0.2, 0.25) is 5.02 Å². The molecule has 0 atom stereocenters. The number of carbonyl (C=O) groups is 1. The van der Waals surface area contributed by atoms with Crippen LogP contribution in [0, 0.1) is 20.8 Å². The first-order valence-electron chi connectivity index (χ1n) is 11.0. The molecule has 0 radical (unpaired) electrons. The predicted molar refractivity (Wildman–Crippen MR) is 130 cm³/mol. The molecule has 0 unspecified atom stereocenters. The van der Waals surface area contributed by atoms with Crippen molar-refractivity contribution in [3.63, 3.8) is 0 Å². The fourth-order valence-electron chi connectivity index (χ4n) is 4.27. The quantitative estimate of drug-likeness (QED) is 0.414. The fraction of sp³-hybridized carbons (Fsp3) is 0.391. The van der Waals surface area contributed by atoms with E-state index in [1.165, 1.54) is 11.1 Å². The lowest BCUT2D eigenvalue weighted by atomic mass is 9.85. The summed E-state index contributed by atoms with van der Waals surface area (Å²) in [6.45, 7) is 8.24. The lowest BCUT2D eigenvalue weighted by Crippen LogP contribution is -2.39. The number of H-pyrrole nitrogens is 1. The highest BCUT2D eigenvalue weighted by molar-refractivity contribution is 6.32. The van der Waals surface area contributed by atoms with Crippen LogP contribution in [-0.4, -0.2) is 50.6 Å². The van der Waals surface area contributed by atoms with Gasteiger partial charge in [-0.05, 0) is 75.4 Å². The number of nitrogens with two attached hydrogens (primary N) is 1. The topological polar surface area (TPSA) is 125 Å². The number of amides is 1. The van der Waals surface area contributed by atoms with Crippen molar-refractivity contribution in [3.8, 4) is 0 Å². The number of aromatic amines is 1. The van der Waals surface area contributed by atoms with Gasteiger partial charge in [0.1, 0.15) is 5.02 Å². The third kappa shape index (κ3) is 5.61. The summed E-state index contributed by atoms with van der Waals surface area (Å²) < 4.78 is 0. The Morgan fingerprint density at radius 3 is 2.61 bits per heavy atom. The molecule has 1 saturated heterocycles. The van der Waals surface area contributed by atoms with Crippen LogP contribution in [0.25, 0.3) is 0 Å². The summed E-state index contributed by atoms with van der Waals surface area (Å²) in [6, 6.07) is 6.26. The van der Waals surface area contributed by atoms with Crippen molar-refractivity contribution in [2.24, 2.45) is 5.73 Å². The number of carbonyl (C=O) groups excluding carboxylic acids is 1. The van der Waals surface area contributed by atoms with E-state index in [0.717, 1.165) is 42.9 Å². The van der Waals surface area contributed by atoms with Gasteiger partial charge < -0.3 is 16.4 Å². The molecule has 0 bridgehead atoms. The minimum absolute atomic E-state index is 0.266. The third-order valence-corrected chi connectivity index (χ3v) is 6.24. The Hall–Kier alpha value is -3.17. The molecule has 0 saturated carbocycles. The van der Waals surface area contributed by atoms with Crippen LogP contribution in [-0.2, 0) is 4.79 Å². The molecule has 1 aliphatic rings. The number of likely N-dealkylation sites (tertiary alicyclic amines) is 1. The summed E-state index contributed by atoms with van der Waals surface area (Å²) >= 11 is 6.27. The van der Waals surface area contributed by atoms with Crippen LogP contribution in [0.4, 0.5) is 23.3 Å². The van der Waals surface area contributed by atoms with Crippen molar-refractivity contribution in [2.75, 3.05) is 30.3 Å². The molecule has 9 nitrogen and oxygen atoms in total. The van der Waals surface area contributed by atoms with Gasteiger partial charge in [-0.1, -0.05) is 17.7 Å². The lowest BCUT2D eigenvalue weighted by Gasteiger charge is -2.32. The lowest BCUT2D eigenvalue weighted by molar-refractivity contribution is -0.119.